The summed E-state index contributed by atoms with van der Waals surface area (Å²) < 4.78 is 19.3. The summed E-state index contributed by atoms with van der Waals surface area (Å²) in [5, 5.41) is 18.6. The molecule has 0 spiro atoms. The lowest BCUT2D eigenvalue weighted by molar-refractivity contribution is 0.0358. The van der Waals surface area contributed by atoms with Crippen LogP contribution < -0.4 is 4.74 Å². The van der Waals surface area contributed by atoms with E-state index in [0.717, 1.165) is 101 Å². The first-order valence-corrected chi connectivity index (χ1v) is 16.5. The maximum absolute atomic E-state index is 13.3. The maximum atomic E-state index is 13.3. The molecule has 242 valence electrons. The number of aliphatic hydroxyl groups is 1. The topological polar surface area (TPSA) is 102 Å². The Labute approximate surface area is 270 Å². The highest BCUT2D eigenvalue weighted by Gasteiger charge is 2.26. The van der Waals surface area contributed by atoms with Crippen LogP contribution in [0.1, 0.15) is 53.3 Å². The van der Waals surface area contributed by atoms with Gasteiger partial charge in [0.25, 0.3) is 0 Å². The van der Waals surface area contributed by atoms with Crippen molar-refractivity contribution in [2.24, 2.45) is 0 Å². The molecular weight excluding hydrogens is 580 g/mol. The number of aliphatic hydroxyl groups excluding tert-OH is 1. The number of morpholine rings is 1. The van der Waals surface area contributed by atoms with Gasteiger partial charge in [-0.05, 0) is 55.7 Å². The van der Waals surface area contributed by atoms with Crippen molar-refractivity contribution >= 4 is 27.6 Å². The van der Waals surface area contributed by atoms with Crippen LogP contribution in [0.15, 0.2) is 54.6 Å². The molecule has 3 heterocycles. The number of hydrogen-bond acceptors (Lipinski definition) is 7. The Morgan fingerprint density at radius 2 is 1.80 bits per heavy atom. The molecule has 3 aromatic carbocycles. The summed E-state index contributed by atoms with van der Waals surface area (Å²) in [6, 6.07) is 18.5. The summed E-state index contributed by atoms with van der Waals surface area (Å²) in [7, 11) is 0. The van der Waals surface area contributed by atoms with Crippen molar-refractivity contribution in [3.05, 3.63) is 82.8 Å². The number of aromatic nitrogens is 3. The number of H-pyrrole nitrogens is 1. The lowest BCUT2D eigenvalue weighted by atomic mass is 9.93. The van der Waals surface area contributed by atoms with Crippen molar-refractivity contribution in [3.63, 3.8) is 0 Å². The Hall–Kier alpha value is -4.18. The Balaban J connectivity index is 1.33. The summed E-state index contributed by atoms with van der Waals surface area (Å²) in [5.74, 6) is 0.487. The summed E-state index contributed by atoms with van der Waals surface area (Å²) in [6.45, 7) is 11.6. The van der Waals surface area contributed by atoms with E-state index in [2.05, 4.69) is 58.7 Å². The number of ether oxygens (including phenoxy) is 3. The Morgan fingerprint density at radius 3 is 2.59 bits per heavy atom. The number of esters is 1. The lowest BCUT2D eigenvalue weighted by Gasteiger charge is -2.26. The molecule has 1 saturated heterocycles. The minimum atomic E-state index is -0.369. The standard InChI is InChI=1S/C37H44N4O5/c1-4-31-34(30(24-42)39-41(31)18-17-40-19-22-44-23-20-40)33-25(3)15-16-29-28(36(38-35(29)33)37(43)45-5-2)13-9-21-46-32-14-8-11-26-10-6-7-12-27(26)32/h6-8,10-12,14-16,38,42H,4-5,9,13,17-24H2,1-3H3. The van der Waals surface area contributed by atoms with Gasteiger partial charge in [0.1, 0.15) is 11.4 Å². The second-order valence-corrected chi connectivity index (χ2v) is 11.8. The van der Waals surface area contributed by atoms with Crippen LogP contribution in [0, 0.1) is 6.92 Å². The van der Waals surface area contributed by atoms with Crippen LogP contribution in [-0.2, 0) is 35.5 Å². The number of benzene rings is 3. The molecule has 0 bridgehead atoms. The number of hydrogen-bond donors (Lipinski definition) is 2. The SMILES string of the molecule is CCOC(=O)c1[nH]c2c(-c3c(CO)nn(CCN4CCOCC4)c3CC)c(C)ccc2c1CCCOc1cccc2ccccc12. The molecule has 1 aliphatic rings. The molecule has 0 saturated carbocycles. The zero-order valence-corrected chi connectivity index (χ0v) is 27.1. The second-order valence-electron chi connectivity index (χ2n) is 11.8. The van der Waals surface area contributed by atoms with Crippen LogP contribution in [-0.4, -0.2) is 76.8 Å². The number of carbonyl (C=O) groups is 1. The predicted octanol–water partition coefficient (Wildman–Crippen LogP) is 6.07. The van der Waals surface area contributed by atoms with Gasteiger partial charge in [0, 0.05) is 47.2 Å². The first-order chi connectivity index (χ1) is 22.5. The first-order valence-electron chi connectivity index (χ1n) is 16.5. The first kappa shape index (κ1) is 31.8. The predicted molar refractivity (Wildman–Crippen MR) is 181 cm³/mol. The highest BCUT2D eigenvalue weighted by molar-refractivity contribution is 6.05. The number of rotatable bonds is 13. The zero-order chi connectivity index (χ0) is 32.0. The van der Waals surface area contributed by atoms with Gasteiger partial charge in [-0.3, -0.25) is 9.58 Å². The van der Waals surface area contributed by atoms with E-state index in [1.165, 1.54) is 0 Å². The van der Waals surface area contributed by atoms with Crippen molar-refractivity contribution in [2.75, 3.05) is 46.1 Å². The van der Waals surface area contributed by atoms with Crippen LogP contribution in [0.3, 0.4) is 0 Å². The van der Waals surface area contributed by atoms with Gasteiger partial charge in [0.15, 0.2) is 0 Å². The Bertz CT molecular complexity index is 1810. The second kappa shape index (κ2) is 14.5. The molecule has 1 fully saturated rings. The van der Waals surface area contributed by atoms with E-state index in [0.29, 0.717) is 30.8 Å². The largest absolute Gasteiger partial charge is 0.493 e. The van der Waals surface area contributed by atoms with E-state index in [9.17, 15) is 9.90 Å². The lowest BCUT2D eigenvalue weighted by Crippen LogP contribution is -2.38. The summed E-state index contributed by atoms with van der Waals surface area (Å²) in [6.07, 6.45) is 2.10. The van der Waals surface area contributed by atoms with Crippen LogP contribution in [0.2, 0.25) is 0 Å². The molecule has 5 aromatic rings. The number of fused-ring (bicyclic) bond motifs is 2. The molecule has 6 rings (SSSR count). The van der Waals surface area contributed by atoms with Crippen LogP contribution in [0.5, 0.6) is 5.75 Å². The number of aryl methyl sites for hydroxylation is 2. The number of carbonyl (C=O) groups excluding carboxylic acids is 1. The average Bonchev–Trinajstić information content (AvgIpc) is 3.64. The summed E-state index contributed by atoms with van der Waals surface area (Å²) >= 11 is 0. The van der Waals surface area contributed by atoms with Gasteiger partial charge in [-0.1, -0.05) is 55.5 Å². The minimum absolute atomic E-state index is 0.174. The molecule has 2 aromatic heterocycles. The highest BCUT2D eigenvalue weighted by Crippen LogP contribution is 2.39. The fourth-order valence-electron chi connectivity index (χ4n) is 6.69. The van der Waals surface area contributed by atoms with E-state index in [4.69, 9.17) is 19.3 Å². The van der Waals surface area contributed by atoms with E-state index in [1.54, 1.807) is 0 Å². The molecule has 2 N–H and O–H groups in total. The third-order valence-corrected chi connectivity index (χ3v) is 8.94. The van der Waals surface area contributed by atoms with Crippen molar-refractivity contribution in [2.45, 2.75) is 53.2 Å². The van der Waals surface area contributed by atoms with Crippen LogP contribution in [0.4, 0.5) is 0 Å². The normalized spacial score (nSPS) is 13.9. The zero-order valence-electron chi connectivity index (χ0n) is 27.1. The molecule has 0 unspecified atom stereocenters. The minimum Gasteiger partial charge on any atom is -0.493 e. The molecule has 9 nitrogen and oxygen atoms in total. The van der Waals surface area contributed by atoms with Crippen molar-refractivity contribution in [1.82, 2.24) is 19.7 Å². The molecular formula is C37H44N4O5. The Morgan fingerprint density at radius 1 is 1.00 bits per heavy atom. The fourth-order valence-corrected chi connectivity index (χ4v) is 6.69. The van der Waals surface area contributed by atoms with E-state index < -0.39 is 0 Å². The quantitative estimate of drug-likeness (QED) is 0.121. The molecule has 0 atom stereocenters. The highest BCUT2D eigenvalue weighted by atomic mass is 16.5. The number of nitrogens with one attached hydrogen (secondary N) is 1. The molecule has 1 aliphatic heterocycles. The van der Waals surface area contributed by atoms with Gasteiger partial charge in [-0.25, -0.2) is 4.79 Å². The molecule has 9 heteroatoms. The van der Waals surface area contributed by atoms with Gasteiger partial charge >= 0.3 is 5.97 Å². The van der Waals surface area contributed by atoms with Crippen LogP contribution >= 0.6 is 0 Å². The van der Waals surface area contributed by atoms with Crippen molar-refractivity contribution in [1.29, 1.82) is 0 Å². The molecule has 46 heavy (non-hydrogen) atoms. The van der Waals surface area contributed by atoms with Gasteiger partial charge in [0.2, 0.25) is 0 Å². The van der Waals surface area contributed by atoms with E-state index in [1.807, 2.05) is 31.2 Å². The third-order valence-electron chi connectivity index (χ3n) is 8.94. The average molecular weight is 625 g/mol. The monoisotopic (exact) mass is 624 g/mol. The van der Waals surface area contributed by atoms with Crippen molar-refractivity contribution in [3.8, 4) is 16.9 Å². The molecule has 0 radical (unpaired) electrons. The van der Waals surface area contributed by atoms with Gasteiger partial charge in [-0.15, -0.1) is 0 Å². The summed E-state index contributed by atoms with van der Waals surface area (Å²) in [5.41, 5.74) is 6.93. The fraction of sp³-hybridized carbons (Fsp3) is 0.405. The van der Waals surface area contributed by atoms with E-state index >= 15 is 0 Å². The van der Waals surface area contributed by atoms with E-state index in [-0.39, 0.29) is 19.2 Å². The molecule has 0 amide bonds. The van der Waals surface area contributed by atoms with Gasteiger partial charge in [-0.2, -0.15) is 5.10 Å². The summed E-state index contributed by atoms with van der Waals surface area (Å²) in [4.78, 5) is 19.2. The Kier molecular flexibility index (Phi) is 10.0. The van der Waals surface area contributed by atoms with Gasteiger partial charge < -0.3 is 24.3 Å². The third kappa shape index (κ3) is 6.40. The number of aromatic amines is 1. The van der Waals surface area contributed by atoms with Gasteiger partial charge in [0.05, 0.1) is 50.8 Å². The maximum Gasteiger partial charge on any atom is 0.355 e. The van der Waals surface area contributed by atoms with Crippen LogP contribution in [0.25, 0.3) is 32.8 Å². The van der Waals surface area contributed by atoms with Crippen molar-refractivity contribution < 1.29 is 24.1 Å². The number of nitrogens with zero attached hydrogens (tertiary/aromatic N) is 3. The molecule has 0 aliphatic carbocycles. The smallest absolute Gasteiger partial charge is 0.355 e.